The second kappa shape index (κ2) is 7.93. The van der Waals surface area contributed by atoms with Crippen LogP contribution in [-0.4, -0.2) is 29.8 Å². The van der Waals surface area contributed by atoms with E-state index in [1.165, 1.54) is 6.26 Å². The Balaban J connectivity index is 1.49. The molecule has 0 unspecified atom stereocenters. The van der Waals surface area contributed by atoms with Crippen molar-refractivity contribution in [1.82, 2.24) is 10.2 Å². The molecule has 0 spiro atoms. The highest BCUT2D eigenvalue weighted by molar-refractivity contribution is 6.35. The summed E-state index contributed by atoms with van der Waals surface area (Å²) < 4.78 is 5.14. The van der Waals surface area contributed by atoms with E-state index in [1.807, 2.05) is 0 Å². The molecule has 1 aliphatic rings. The molecule has 1 N–H and O–H groups in total. The molecular weight excluding hydrogens is 363 g/mol. The topological polar surface area (TPSA) is 62.6 Å². The van der Waals surface area contributed by atoms with E-state index in [1.54, 1.807) is 35.2 Å². The number of piperidine rings is 1. The molecule has 1 saturated heterocycles. The number of benzene rings is 1. The van der Waals surface area contributed by atoms with Gasteiger partial charge in [-0.1, -0.05) is 29.3 Å². The molecule has 0 saturated carbocycles. The maximum absolute atomic E-state index is 12.4. The third-order valence-electron chi connectivity index (χ3n) is 4.35. The Bertz CT molecular complexity index is 754. The first-order valence-corrected chi connectivity index (χ1v) is 8.84. The zero-order valence-corrected chi connectivity index (χ0v) is 15.0. The van der Waals surface area contributed by atoms with Crippen LogP contribution >= 0.6 is 23.2 Å². The molecule has 0 radical (unpaired) electrons. The number of nitrogens with zero attached hydrogens (tertiary/aromatic N) is 1. The van der Waals surface area contributed by atoms with Crippen LogP contribution < -0.4 is 5.32 Å². The Kier molecular flexibility index (Phi) is 5.66. The van der Waals surface area contributed by atoms with Gasteiger partial charge in [0.1, 0.15) is 0 Å². The summed E-state index contributed by atoms with van der Waals surface area (Å²) in [6.07, 6.45) is 2.74. The second-order valence-corrected chi connectivity index (χ2v) is 6.84. The van der Waals surface area contributed by atoms with Crippen molar-refractivity contribution in [2.75, 3.05) is 13.1 Å². The number of amides is 2. The van der Waals surface area contributed by atoms with Crippen LogP contribution in [0, 0.1) is 5.92 Å². The first kappa shape index (κ1) is 17.8. The van der Waals surface area contributed by atoms with Gasteiger partial charge in [0.15, 0.2) is 5.76 Å². The number of rotatable bonds is 4. The van der Waals surface area contributed by atoms with E-state index in [4.69, 9.17) is 27.6 Å². The van der Waals surface area contributed by atoms with E-state index < -0.39 is 0 Å². The number of carbonyl (C=O) groups is 2. The maximum atomic E-state index is 12.4. The Morgan fingerprint density at radius 2 is 1.96 bits per heavy atom. The minimum atomic E-state index is -0.128. The Hall–Kier alpha value is -1.98. The summed E-state index contributed by atoms with van der Waals surface area (Å²) in [6, 6.07) is 8.54. The number of halogens is 2. The molecule has 132 valence electrons. The Morgan fingerprint density at radius 3 is 2.60 bits per heavy atom. The molecule has 0 bridgehead atoms. The number of likely N-dealkylation sites (tertiary alicyclic amines) is 1. The predicted octanol–water partition coefficient (Wildman–Crippen LogP) is 3.76. The lowest BCUT2D eigenvalue weighted by molar-refractivity contribution is -0.126. The standard InChI is InChI=1S/C18H18Cl2N2O3/c19-14-4-3-13(15(20)10-14)11-21-17(23)12-5-7-22(8-6-12)18(24)16-2-1-9-25-16/h1-4,9-10,12H,5-8,11H2,(H,21,23). The largest absolute Gasteiger partial charge is 0.459 e. The maximum Gasteiger partial charge on any atom is 0.289 e. The lowest BCUT2D eigenvalue weighted by Gasteiger charge is -2.30. The fourth-order valence-electron chi connectivity index (χ4n) is 2.89. The smallest absolute Gasteiger partial charge is 0.289 e. The quantitative estimate of drug-likeness (QED) is 0.878. The molecule has 5 nitrogen and oxygen atoms in total. The highest BCUT2D eigenvalue weighted by Crippen LogP contribution is 2.22. The Labute approximate surface area is 155 Å². The van der Waals surface area contributed by atoms with Crippen LogP contribution in [0.3, 0.4) is 0 Å². The van der Waals surface area contributed by atoms with E-state index in [2.05, 4.69) is 5.32 Å². The summed E-state index contributed by atoms with van der Waals surface area (Å²) in [5, 5.41) is 4.01. The van der Waals surface area contributed by atoms with Crippen molar-refractivity contribution in [3.05, 3.63) is 58.0 Å². The molecule has 1 aliphatic heterocycles. The minimum Gasteiger partial charge on any atom is -0.459 e. The van der Waals surface area contributed by atoms with E-state index >= 15 is 0 Å². The van der Waals surface area contributed by atoms with Crippen molar-refractivity contribution in [3.63, 3.8) is 0 Å². The Morgan fingerprint density at radius 1 is 1.20 bits per heavy atom. The predicted molar refractivity (Wildman–Crippen MR) is 95.6 cm³/mol. The molecule has 1 fully saturated rings. The molecular formula is C18H18Cl2N2O3. The van der Waals surface area contributed by atoms with Crippen LogP contribution in [0.4, 0.5) is 0 Å². The van der Waals surface area contributed by atoms with Gasteiger partial charge < -0.3 is 14.6 Å². The molecule has 2 heterocycles. The van der Waals surface area contributed by atoms with Crippen molar-refractivity contribution < 1.29 is 14.0 Å². The van der Waals surface area contributed by atoms with Crippen LogP contribution in [-0.2, 0) is 11.3 Å². The molecule has 1 aromatic heterocycles. The average molecular weight is 381 g/mol. The third kappa shape index (κ3) is 4.35. The van der Waals surface area contributed by atoms with Crippen LogP contribution in [0.25, 0.3) is 0 Å². The summed E-state index contributed by atoms with van der Waals surface area (Å²) in [5.74, 6) is 0.0833. The molecule has 2 amide bonds. The molecule has 1 aromatic carbocycles. The monoisotopic (exact) mass is 380 g/mol. The molecule has 7 heteroatoms. The van der Waals surface area contributed by atoms with Crippen molar-refractivity contribution in [2.45, 2.75) is 19.4 Å². The SMILES string of the molecule is O=C(NCc1ccc(Cl)cc1Cl)C1CCN(C(=O)c2ccco2)CC1. The van der Waals surface area contributed by atoms with Gasteiger partial charge in [-0.25, -0.2) is 0 Å². The van der Waals surface area contributed by atoms with E-state index in [9.17, 15) is 9.59 Å². The van der Waals surface area contributed by atoms with Crippen molar-refractivity contribution in [3.8, 4) is 0 Å². The second-order valence-electron chi connectivity index (χ2n) is 6.00. The van der Waals surface area contributed by atoms with E-state index in [0.29, 0.717) is 48.3 Å². The van der Waals surface area contributed by atoms with Crippen molar-refractivity contribution >= 4 is 35.0 Å². The van der Waals surface area contributed by atoms with Crippen LogP contribution in [0.5, 0.6) is 0 Å². The lowest BCUT2D eigenvalue weighted by atomic mass is 9.95. The van der Waals surface area contributed by atoms with Crippen LogP contribution in [0.15, 0.2) is 41.0 Å². The van der Waals surface area contributed by atoms with E-state index in [-0.39, 0.29) is 17.7 Å². The van der Waals surface area contributed by atoms with Gasteiger partial charge in [0.25, 0.3) is 5.91 Å². The molecule has 25 heavy (non-hydrogen) atoms. The van der Waals surface area contributed by atoms with Crippen molar-refractivity contribution in [2.24, 2.45) is 5.92 Å². The number of hydrogen-bond acceptors (Lipinski definition) is 3. The normalized spacial score (nSPS) is 15.2. The zero-order valence-electron chi connectivity index (χ0n) is 13.5. The lowest BCUT2D eigenvalue weighted by Crippen LogP contribution is -2.42. The average Bonchev–Trinajstić information content (AvgIpc) is 3.15. The number of furan rings is 1. The van der Waals surface area contributed by atoms with Crippen molar-refractivity contribution in [1.29, 1.82) is 0 Å². The zero-order chi connectivity index (χ0) is 17.8. The molecule has 0 atom stereocenters. The number of hydrogen-bond donors (Lipinski definition) is 1. The summed E-state index contributed by atoms with van der Waals surface area (Å²) in [7, 11) is 0. The van der Waals surface area contributed by atoms with Gasteiger partial charge in [-0.05, 0) is 42.7 Å². The fourth-order valence-corrected chi connectivity index (χ4v) is 3.37. The van der Waals surface area contributed by atoms with Gasteiger partial charge in [0.2, 0.25) is 5.91 Å². The van der Waals surface area contributed by atoms with Gasteiger partial charge >= 0.3 is 0 Å². The van der Waals surface area contributed by atoms with Crippen LogP contribution in [0.1, 0.15) is 29.0 Å². The van der Waals surface area contributed by atoms with Gasteiger partial charge in [-0.3, -0.25) is 9.59 Å². The fraction of sp³-hybridized carbons (Fsp3) is 0.333. The molecule has 3 rings (SSSR count). The highest BCUT2D eigenvalue weighted by atomic mass is 35.5. The van der Waals surface area contributed by atoms with Gasteiger partial charge in [0, 0.05) is 35.6 Å². The van der Waals surface area contributed by atoms with E-state index in [0.717, 1.165) is 5.56 Å². The summed E-state index contributed by atoms with van der Waals surface area (Å²) in [5.41, 5.74) is 0.824. The minimum absolute atomic E-state index is 0.0175. The summed E-state index contributed by atoms with van der Waals surface area (Å²) in [6.45, 7) is 1.44. The summed E-state index contributed by atoms with van der Waals surface area (Å²) in [4.78, 5) is 26.3. The summed E-state index contributed by atoms with van der Waals surface area (Å²) >= 11 is 12.0. The highest BCUT2D eigenvalue weighted by Gasteiger charge is 2.28. The number of nitrogens with one attached hydrogen (secondary N) is 1. The number of carbonyl (C=O) groups excluding carboxylic acids is 2. The first-order valence-electron chi connectivity index (χ1n) is 8.09. The molecule has 0 aliphatic carbocycles. The van der Waals surface area contributed by atoms with Gasteiger partial charge in [-0.2, -0.15) is 0 Å². The van der Waals surface area contributed by atoms with Gasteiger partial charge in [0.05, 0.1) is 6.26 Å². The third-order valence-corrected chi connectivity index (χ3v) is 4.94. The first-order chi connectivity index (χ1) is 12.0. The van der Waals surface area contributed by atoms with Gasteiger partial charge in [-0.15, -0.1) is 0 Å². The molecule has 2 aromatic rings. The van der Waals surface area contributed by atoms with Crippen LogP contribution in [0.2, 0.25) is 10.0 Å².